The normalized spacial score (nSPS) is 19.1. The molecule has 1 saturated heterocycles. The molecule has 40 heavy (non-hydrogen) atoms. The van der Waals surface area contributed by atoms with Crippen molar-refractivity contribution in [2.75, 3.05) is 19.6 Å². The smallest absolute Gasteiger partial charge is 0.347 e. The third-order valence-corrected chi connectivity index (χ3v) is 7.65. The molecule has 216 valence electrons. The fourth-order valence-electron chi connectivity index (χ4n) is 5.71. The van der Waals surface area contributed by atoms with Gasteiger partial charge in [-0.15, -0.1) is 0 Å². The highest BCUT2D eigenvalue weighted by Gasteiger charge is 2.36. The number of halogens is 5. The fraction of sp³-hybridized carbons (Fsp3) is 0.556. The highest BCUT2D eigenvalue weighted by Crippen LogP contribution is 2.40. The first-order chi connectivity index (χ1) is 19.1. The summed E-state index contributed by atoms with van der Waals surface area (Å²) in [6, 6.07) is 6.11. The van der Waals surface area contributed by atoms with E-state index in [4.69, 9.17) is 0 Å². The van der Waals surface area contributed by atoms with E-state index in [2.05, 4.69) is 25.6 Å². The summed E-state index contributed by atoms with van der Waals surface area (Å²) < 4.78 is 71.0. The Morgan fingerprint density at radius 2 is 1.95 bits per heavy atom. The molecular weight excluding hydrogens is 533 g/mol. The lowest BCUT2D eigenvalue weighted by molar-refractivity contribution is -0.137. The van der Waals surface area contributed by atoms with Gasteiger partial charge in [0.25, 0.3) is 11.8 Å². The molecule has 1 atom stereocenters. The second-order valence-corrected chi connectivity index (χ2v) is 10.7. The van der Waals surface area contributed by atoms with E-state index in [1.54, 1.807) is 9.58 Å². The van der Waals surface area contributed by atoms with Gasteiger partial charge in [0.15, 0.2) is 5.69 Å². The van der Waals surface area contributed by atoms with Crippen molar-refractivity contribution in [3.05, 3.63) is 53.7 Å². The SMILES string of the molecule is O=C(NC(CCN1CCCC(F)(F)C1)Cc1ncn[nH]1)c1cc(-c2ccccc2C(F)(F)F)n(C2CCCC2)n1. The van der Waals surface area contributed by atoms with Crippen molar-refractivity contribution in [3.8, 4) is 11.3 Å². The maximum atomic E-state index is 13.9. The summed E-state index contributed by atoms with van der Waals surface area (Å²) >= 11 is 0. The molecule has 3 aromatic rings. The fourth-order valence-corrected chi connectivity index (χ4v) is 5.71. The molecule has 0 bridgehead atoms. The monoisotopic (exact) mass is 565 g/mol. The van der Waals surface area contributed by atoms with Gasteiger partial charge in [0, 0.05) is 31.0 Å². The average molecular weight is 566 g/mol. The van der Waals surface area contributed by atoms with Crippen molar-refractivity contribution >= 4 is 5.91 Å². The van der Waals surface area contributed by atoms with Crippen molar-refractivity contribution in [2.45, 2.75) is 75.5 Å². The van der Waals surface area contributed by atoms with Gasteiger partial charge in [-0.3, -0.25) is 19.5 Å². The largest absolute Gasteiger partial charge is 0.417 e. The number of nitrogens with zero attached hydrogens (tertiary/aromatic N) is 5. The molecule has 2 fully saturated rings. The Bertz CT molecular complexity index is 1280. The summed E-state index contributed by atoms with van der Waals surface area (Å²) in [6.45, 7) is 0.561. The Hall–Kier alpha value is -3.35. The number of piperidine rings is 1. The summed E-state index contributed by atoms with van der Waals surface area (Å²) in [5.74, 6) is -2.76. The number of aromatic amines is 1. The van der Waals surface area contributed by atoms with Crippen LogP contribution in [0.3, 0.4) is 0 Å². The number of rotatable bonds is 9. The average Bonchev–Trinajstić information content (AvgIpc) is 3.68. The second kappa shape index (κ2) is 11.6. The van der Waals surface area contributed by atoms with E-state index >= 15 is 0 Å². The molecule has 1 aromatic carbocycles. The zero-order valence-electron chi connectivity index (χ0n) is 21.9. The van der Waals surface area contributed by atoms with Crippen LogP contribution in [0.4, 0.5) is 22.0 Å². The van der Waals surface area contributed by atoms with Gasteiger partial charge in [-0.05, 0) is 44.4 Å². The van der Waals surface area contributed by atoms with Crippen molar-refractivity contribution in [1.82, 2.24) is 35.2 Å². The van der Waals surface area contributed by atoms with Crippen LogP contribution in [-0.4, -0.2) is 67.4 Å². The topological polar surface area (TPSA) is 91.7 Å². The third kappa shape index (κ3) is 6.68. The van der Waals surface area contributed by atoms with Gasteiger partial charge in [-0.1, -0.05) is 31.0 Å². The number of H-pyrrole nitrogens is 1. The van der Waals surface area contributed by atoms with Crippen LogP contribution < -0.4 is 5.32 Å². The summed E-state index contributed by atoms with van der Waals surface area (Å²) in [7, 11) is 0. The molecule has 1 saturated carbocycles. The lowest BCUT2D eigenvalue weighted by Gasteiger charge is -2.33. The Kier molecular flexibility index (Phi) is 8.20. The predicted molar refractivity (Wildman–Crippen MR) is 137 cm³/mol. The number of nitrogens with one attached hydrogen (secondary N) is 2. The minimum atomic E-state index is -4.57. The number of benzene rings is 1. The van der Waals surface area contributed by atoms with Gasteiger partial charge in [0.2, 0.25) is 0 Å². The standard InChI is InChI=1S/C27H32F5N7O/c28-26(29)11-5-12-38(16-26)13-10-18(14-24-33-17-34-36-24)35-25(40)22-15-23(39(37-22)19-6-1-2-7-19)20-8-3-4-9-21(20)27(30,31)32/h3-4,8-9,15,17-19H,1-2,5-7,10-14,16H2,(H,35,40)(H,33,34,36). The predicted octanol–water partition coefficient (Wildman–Crippen LogP) is 5.26. The van der Waals surface area contributed by atoms with Crippen LogP contribution in [0.25, 0.3) is 11.3 Å². The molecule has 1 amide bonds. The van der Waals surface area contributed by atoms with Crippen LogP contribution in [0.2, 0.25) is 0 Å². The van der Waals surface area contributed by atoms with Crippen LogP contribution in [0.5, 0.6) is 0 Å². The van der Waals surface area contributed by atoms with Gasteiger partial charge in [0.05, 0.1) is 23.8 Å². The Morgan fingerprint density at radius 1 is 1.18 bits per heavy atom. The third-order valence-electron chi connectivity index (χ3n) is 7.65. The van der Waals surface area contributed by atoms with E-state index in [-0.39, 0.29) is 42.4 Å². The van der Waals surface area contributed by atoms with E-state index < -0.39 is 29.6 Å². The molecular formula is C27H32F5N7O. The molecule has 1 aliphatic carbocycles. The van der Waals surface area contributed by atoms with Gasteiger partial charge >= 0.3 is 6.18 Å². The lowest BCUT2D eigenvalue weighted by atomic mass is 10.0. The van der Waals surface area contributed by atoms with Crippen LogP contribution in [0.15, 0.2) is 36.7 Å². The summed E-state index contributed by atoms with van der Waals surface area (Å²) in [5, 5.41) is 14.0. The molecule has 5 rings (SSSR count). The van der Waals surface area contributed by atoms with E-state index in [1.807, 2.05) is 0 Å². The molecule has 3 heterocycles. The first-order valence-corrected chi connectivity index (χ1v) is 13.6. The number of hydrogen-bond donors (Lipinski definition) is 2. The second-order valence-electron chi connectivity index (χ2n) is 10.7. The minimum Gasteiger partial charge on any atom is -0.347 e. The highest BCUT2D eigenvalue weighted by atomic mass is 19.4. The first kappa shape index (κ1) is 28.2. The molecule has 8 nitrogen and oxygen atoms in total. The number of carbonyl (C=O) groups excluding carboxylic acids is 1. The van der Waals surface area contributed by atoms with Crippen molar-refractivity contribution in [2.24, 2.45) is 0 Å². The molecule has 2 aromatic heterocycles. The van der Waals surface area contributed by atoms with Gasteiger partial charge in [-0.25, -0.2) is 13.8 Å². The molecule has 1 aliphatic heterocycles. The molecule has 0 spiro atoms. The Balaban J connectivity index is 1.39. The van der Waals surface area contributed by atoms with E-state index in [9.17, 15) is 26.7 Å². The van der Waals surface area contributed by atoms with Crippen molar-refractivity contribution in [1.29, 1.82) is 0 Å². The zero-order valence-corrected chi connectivity index (χ0v) is 21.9. The zero-order chi connectivity index (χ0) is 28.3. The maximum Gasteiger partial charge on any atom is 0.417 e. The molecule has 13 heteroatoms. The Morgan fingerprint density at radius 3 is 2.65 bits per heavy atom. The summed E-state index contributed by atoms with van der Waals surface area (Å²) in [4.78, 5) is 19.2. The summed E-state index contributed by atoms with van der Waals surface area (Å²) in [6.07, 6.45) is 1.07. The number of carbonyl (C=O) groups is 1. The highest BCUT2D eigenvalue weighted by molar-refractivity contribution is 5.93. The van der Waals surface area contributed by atoms with Gasteiger partial charge in [-0.2, -0.15) is 23.4 Å². The lowest BCUT2D eigenvalue weighted by Crippen LogP contribution is -2.45. The molecule has 0 radical (unpaired) electrons. The number of aromatic nitrogens is 5. The van der Waals surface area contributed by atoms with Crippen LogP contribution >= 0.6 is 0 Å². The summed E-state index contributed by atoms with van der Waals surface area (Å²) in [5.41, 5.74) is -0.571. The number of likely N-dealkylation sites (tertiary alicyclic amines) is 1. The van der Waals surface area contributed by atoms with Crippen LogP contribution in [0, 0.1) is 0 Å². The van der Waals surface area contributed by atoms with Crippen LogP contribution in [0.1, 0.15) is 72.9 Å². The van der Waals surface area contributed by atoms with E-state index in [0.29, 0.717) is 31.8 Å². The Labute approximate surface area is 228 Å². The maximum absolute atomic E-state index is 13.9. The van der Waals surface area contributed by atoms with Gasteiger partial charge < -0.3 is 5.32 Å². The van der Waals surface area contributed by atoms with Gasteiger partial charge in [0.1, 0.15) is 12.2 Å². The number of alkyl halides is 5. The van der Waals surface area contributed by atoms with E-state index in [1.165, 1.54) is 30.6 Å². The van der Waals surface area contributed by atoms with Crippen molar-refractivity contribution in [3.63, 3.8) is 0 Å². The molecule has 1 unspecified atom stereocenters. The number of amides is 1. The van der Waals surface area contributed by atoms with Crippen molar-refractivity contribution < 1.29 is 26.7 Å². The quantitative estimate of drug-likeness (QED) is 0.345. The van der Waals surface area contributed by atoms with E-state index in [0.717, 1.165) is 31.7 Å². The first-order valence-electron chi connectivity index (χ1n) is 13.6. The van der Waals surface area contributed by atoms with Crippen LogP contribution in [-0.2, 0) is 12.6 Å². The minimum absolute atomic E-state index is 0.00551. The molecule has 2 aliphatic rings. The molecule has 2 N–H and O–H groups in total. The number of hydrogen-bond acceptors (Lipinski definition) is 5.